The van der Waals surface area contributed by atoms with Gasteiger partial charge in [0.25, 0.3) is 0 Å². The second kappa shape index (κ2) is 2.60. The normalized spacial score (nSPS) is 30.2. The summed E-state index contributed by atoms with van der Waals surface area (Å²) in [5.41, 5.74) is 3.46. The molecule has 0 heteroatoms. The highest BCUT2D eigenvalue weighted by atomic mass is 14.4. The Hall–Kier alpha value is -0.780. The van der Waals surface area contributed by atoms with Crippen molar-refractivity contribution in [2.45, 2.75) is 39.0 Å². The van der Waals surface area contributed by atoms with Gasteiger partial charge in [-0.3, -0.25) is 0 Å². The Kier molecular flexibility index (Phi) is 1.76. The third kappa shape index (κ3) is 1.04. The lowest BCUT2D eigenvalue weighted by molar-refractivity contribution is 0.342. The number of fused-ring (bicyclic) bond motifs is 1. The highest BCUT2D eigenvalue weighted by molar-refractivity contribution is 5.42. The summed E-state index contributed by atoms with van der Waals surface area (Å²) in [7, 11) is 0. The highest BCUT2D eigenvalue weighted by Gasteiger charge is 2.40. The van der Waals surface area contributed by atoms with E-state index in [4.69, 9.17) is 0 Å². The summed E-state index contributed by atoms with van der Waals surface area (Å²) < 4.78 is 0. The van der Waals surface area contributed by atoms with Gasteiger partial charge in [0.05, 0.1) is 0 Å². The molecule has 0 nitrogen and oxygen atoms in total. The SMILES string of the molecule is CC1c2ccccc2C(C)(C)[C@@H]1C. The van der Waals surface area contributed by atoms with Gasteiger partial charge in [-0.1, -0.05) is 52.0 Å². The first kappa shape index (κ1) is 8.80. The molecule has 0 N–H and O–H groups in total. The van der Waals surface area contributed by atoms with E-state index >= 15 is 0 Å². The van der Waals surface area contributed by atoms with E-state index in [9.17, 15) is 0 Å². The van der Waals surface area contributed by atoms with Crippen LogP contribution in [0, 0.1) is 5.92 Å². The molecule has 0 radical (unpaired) electrons. The Morgan fingerprint density at radius 1 is 1.08 bits per heavy atom. The predicted octanol–water partition coefficient (Wildman–Crippen LogP) is 3.72. The number of rotatable bonds is 0. The number of hydrogen-bond donors (Lipinski definition) is 0. The monoisotopic (exact) mass is 174 g/mol. The van der Waals surface area contributed by atoms with Crippen molar-refractivity contribution >= 4 is 0 Å². The number of hydrogen-bond acceptors (Lipinski definition) is 0. The minimum absolute atomic E-state index is 0.357. The molecule has 0 saturated heterocycles. The van der Waals surface area contributed by atoms with E-state index in [0.29, 0.717) is 11.3 Å². The first-order valence-electron chi connectivity index (χ1n) is 5.14. The van der Waals surface area contributed by atoms with Gasteiger partial charge < -0.3 is 0 Å². The molecule has 13 heavy (non-hydrogen) atoms. The van der Waals surface area contributed by atoms with Crippen LogP contribution in [0.1, 0.15) is 44.7 Å². The molecule has 2 rings (SSSR count). The topological polar surface area (TPSA) is 0 Å². The second-order valence-corrected chi connectivity index (χ2v) is 4.89. The third-order valence-corrected chi connectivity index (χ3v) is 4.03. The molecule has 0 saturated carbocycles. The van der Waals surface area contributed by atoms with Crippen LogP contribution in [0.5, 0.6) is 0 Å². The van der Waals surface area contributed by atoms with E-state index in [1.165, 1.54) is 0 Å². The van der Waals surface area contributed by atoms with Crippen molar-refractivity contribution in [3.05, 3.63) is 35.4 Å². The van der Waals surface area contributed by atoms with E-state index in [2.05, 4.69) is 52.0 Å². The third-order valence-electron chi connectivity index (χ3n) is 4.03. The van der Waals surface area contributed by atoms with Crippen LogP contribution in [0.25, 0.3) is 0 Å². The molecule has 0 heterocycles. The molecule has 1 aromatic carbocycles. The molecule has 0 aliphatic heterocycles. The minimum atomic E-state index is 0.357. The molecule has 1 aromatic rings. The van der Waals surface area contributed by atoms with Crippen LogP contribution >= 0.6 is 0 Å². The Bertz CT molecular complexity index is 323. The summed E-state index contributed by atoms with van der Waals surface area (Å²) in [4.78, 5) is 0. The van der Waals surface area contributed by atoms with Gasteiger partial charge in [0, 0.05) is 0 Å². The maximum Gasteiger partial charge on any atom is -0.00694 e. The average molecular weight is 174 g/mol. The van der Waals surface area contributed by atoms with Gasteiger partial charge >= 0.3 is 0 Å². The molecule has 1 aliphatic rings. The fourth-order valence-electron chi connectivity index (χ4n) is 2.62. The van der Waals surface area contributed by atoms with Crippen LogP contribution in [0.2, 0.25) is 0 Å². The fourth-order valence-corrected chi connectivity index (χ4v) is 2.62. The molecule has 2 atom stereocenters. The maximum absolute atomic E-state index is 2.37. The van der Waals surface area contributed by atoms with Crippen molar-refractivity contribution in [3.63, 3.8) is 0 Å². The van der Waals surface area contributed by atoms with Gasteiger partial charge in [0.15, 0.2) is 0 Å². The zero-order valence-corrected chi connectivity index (χ0v) is 8.96. The molecule has 0 amide bonds. The maximum atomic E-state index is 2.37. The van der Waals surface area contributed by atoms with Crippen LogP contribution in [0.15, 0.2) is 24.3 Å². The van der Waals surface area contributed by atoms with E-state index < -0.39 is 0 Å². The summed E-state index contributed by atoms with van der Waals surface area (Å²) in [6, 6.07) is 8.88. The van der Waals surface area contributed by atoms with Gasteiger partial charge in [-0.05, 0) is 28.4 Å². The van der Waals surface area contributed by atoms with Crippen molar-refractivity contribution < 1.29 is 0 Å². The van der Waals surface area contributed by atoms with Crippen LogP contribution < -0.4 is 0 Å². The minimum Gasteiger partial charge on any atom is -0.0620 e. The Morgan fingerprint density at radius 2 is 1.69 bits per heavy atom. The summed E-state index contributed by atoms with van der Waals surface area (Å²) in [6.45, 7) is 9.43. The molecule has 1 aliphatic carbocycles. The summed E-state index contributed by atoms with van der Waals surface area (Å²) in [5, 5.41) is 0. The van der Waals surface area contributed by atoms with Gasteiger partial charge in [-0.2, -0.15) is 0 Å². The molecule has 0 fully saturated rings. The summed E-state index contributed by atoms with van der Waals surface area (Å²) in [5.74, 6) is 1.47. The molecule has 0 bridgehead atoms. The average Bonchev–Trinajstić information content (AvgIpc) is 2.30. The zero-order chi connectivity index (χ0) is 9.64. The molecular weight excluding hydrogens is 156 g/mol. The quantitative estimate of drug-likeness (QED) is 0.562. The first-order valence-corrected chi connectivity index (χ1v) is 5.14. The second-order valence-electron chi connectivity index (χ2n) is 4.89. The zero-order valence-electron chi connectivity index (χ0n) is 8.96. The van der Waals surface area contributed by atoms with Crippen LogP contribution in [0.3, 0.4) is 0 Å². The lowest BCUT2D eigenvalue weighted by Crippen LogP contribution is -2.22. The molecular formula is C13H18. The van der Waals surface area contributed by atoms with E-state index in [-0.39, 0.29) is 0 Å². The summed E-state index contributed by atoms with van der Waals surface area (Å²) >= 11 is 0. The lowest BCUT2D eigenvalue weighted by Gasteiger charge is -2.26. The smallest absolute Gasteiger partial charge is 0.00694 e. The van der Waals surface area contributed by atoms with Crippen molar-refractivity contribution in [1.82, 2.24) is 0 Å². The van der Waals surface area contributed by atoms with Crippen molar-refractivity contribution in [3.8, 4) is 0 Å². The van der Waals surface area contributed by atoms with Crippen molar-refractivity contribution in [2.75, 3.05) is 0 Å². The largest absolute Gasteiger partial charge is 0.0620 e. The fraction of sp³-hybridized carbons (Fsp3) is 0.538. The van der Waals surface area contributed by atoms with E-state index in [0.717, 1.165) is 5.92 Å². The highest BCUT2D eigenvalue weighted by Crippen LogP contribution is 2.49. The van der Waals surface area contributed by atoms with Crippen LogP contribution in [0.4, 0.5) is 0 Å². The van der Waals surface area contributed by atoms with Gasteiger partial charge in [-0.25, -0.2) is 0 Å². The Balaban J connectivity index is 2.61. The molecule has 0 aromatic heterocycles. The number of benzene rings is 1. The first-order chi connectivity index (χ1) is 6.05. The predicted molar refractivity (Wildman–Crippen MR) is 57.0 cm³/mol. The van der Waals surface area contributed by atoms with Crippen molar-refractivity contribution in [1.29, 1.82) is 0 Å². The van der Waals surface area contributed by atoms with Gasteiger partial charge in [0.1, 0.15) is 0 Å². The van der Waals surface area contributed by atoms with Crippen molar-refractivity contribution in [2.24, 2.45) is 5.92 Å². The van der Waals surface area contributed by atoms with E-state index in [1.54, 1.807) is 11.1 Å². The van der Waals surface area contributed by atoms with Crippen LogP contribution in [-0.2, 0) is 5.41 Å². The van der Waals surface area contributed by atoms with Gasteiger partial charge in [-0.15, -0.1) is 0 Å². The lowest BCUT2D eigenvalue weighted by atomic mass is 9.78. The van der Waals surface area contributed by atoms with E-state index in [1.807, 2.05) is 0 Å². The molecule has 0 spiro atoms. The van der Waals surface area contributed by atoms with Crippen LogP contribution in [-0.4, -0.2) is 0 Å². The Labute approximate surface area is 81.0 Å². The summed E-state index contributed by atoms with van der Waals surface area (Å²) in [6.07, 6.45) is 0. The van der Waals surface area contributed by atoms with Gasteiger partial charge in [0.2, 0.25) is 0 Å². The molecule has 70 valence electrons. The molecule has 1 unspecified atom stereocenters. The Morgan fingerprint density at radius 3 is 2.31 bits per heavy atom. The standard InChI is InChI=1S/C13H18/c1-9-10(2)13(3,4)12-8-6-5-7-11(9)12/h5-10H,1-4H3/t9?,10-/m1/s1.